The molecule has 18 heavy (non-hydrogen) atoms. The van der Waals surface area contributed by atoms with Crippen LogP contribution in [0.5, 0.6) is 0 Å². The first kappa shape index (κ1) is 25.5. The molecule has 0 aliphatic rings. The van der Waals surface area contributed by atoms with Crippen molar-refractivity contribution in [3.05, 3.63) is 6.42 Å². The first-order chi connectivity index (χ1) is 7.56. The monoisotopic (exact) mass is 313 g/mol. The summed E-state index contributed by atoms with van der Waals surface area (Å²) < 4.78 is 29.3. The average molecular weight is 313 g/mol. The fourth-order valence-electron chi connectivity index (χ4n) is 1.62. The van der Waals surface area contributed by atoms with Crippen molar-refractivity contribution in [2.24, 2.45) is 0 Å². The molecule has 0 heterocycles. The van der Waals surface area contributed by atoms with Crippen LogP contribution in [-0.4, -0.2) is 99.7 Å². The third kappa shape index (κ3) is 23.6. The SMILES string of the molecule is CCCCCCCC[CH]CCCS(=O)(=O)O.[KH].[NaH]. The van der Waals surface area contributed by atoms with Gasteiger partial charge in [0.15, 0.2) is 0 Å². The van der Waals surface area contributed by atoms with E-state index in [4.69, 9.17) is 4.55 Å². The molecule has 0 atom stereocenters. The van der Waals surface area contributed by atoms with E-state index in [2.05, 4.69) is 13.3 Å². The Morgan fingerprint density at radius 1 is 0.944 bits per heavy atom. The third-order valence-electron chi connectivity index (χ3n) is 2.57. The molecule has 6 heteroatoms. The molecule has 1 N–H and O–H groups in total. The Labute approximate surface area is 178 Å². The molecule has 0 unspecified atom stereocenters. The fraction of sp³-hybridized carbons (Fsp3) is 0.917. The molecule has 0 rings (SSSR count). The first-order valence-corrected chi connectivity index (χ1v) is 7.94. The van der Waals surface area contributed by atoms with Gasteiger partial charge in [0.05, 0.1) is 5.75 Å². The van der Waals surface area contributed by atoms with Gasteiger partial charge >= 0.3 is 80.9 Å². The Hall–Kier alpha value is 2.55. The summed E-state index contributed by atoms with van der Waals surface area (Å²) in [7, 11) is -3.75. The van der Waals surface area contributed by atoms with E-state index in [9.17, 15) is 8.42 Å². The molecular weight excluding hydrogens is 286 g/mol. The van der Waals surface area contributed by atoms with Gasteiger partial charge in [0.25, 0.3) is 10.1 Å². The van der Waals surface area contributed by atoms with Gasteiger partial charge < -0.3 is 0 Å². The maximum absolute atomic E-state index is 10.4. The molecule has 0 spiro atoms. The Balaban J connectivity index is -0.00000112. The summed E-state index contributed by atoms with van der Waals surface area (Å²) in [5, 5.41) is 0. The Kier molecular flexibility index (Phi) is 24.9. The fourth-order valence-corrected chi connectivity index (χ4v) is 2.15. The van der Waals surface area contributed by atoms with Crippen LogP contribution in [0.2, 0.25) is 0 Å². The predicted octanol–water partition coefficient (Wildman–Crippen LogP) is 2.31. The quantitative estimate of drug-likeness (QED) is 0.362. The standard InChI is InChI=1S/C12H25O3S.K.Na.2H/c1-2-3-4-5-6-7-8-9-10-11-12-16(13,14)15;;;;/h9H,2-8,10-12H2,1H3,(H,13,14,15);;;;. The summed E-state index contributed by atoms with van der Waals surface area (Å²) in [6, 6.07) is 0. The summed E-state index contributed by atoms with van der Waals surface area (Å²) in [6.45, 7) is 2.21. The number of unbranched alkanes of at least 4 members (excludes halogenated alkanes) is 9. The Morgan fingerprint density at radius 3 is 2.00 bits per heavy atom. The molecule has 0 fully saturated rings. The first-order valence-electron chi connectivity index (χ1n) is 6.33. The molecule has 0 aromatic carbocycles. The van der Waals surface area contributed by atoms with Crippen LogP contribution in [0.1, 0.15) is 64.7 Å². The van der Waals surface area contributed by atoms with Gasteiger partial charge in [-0.25, -0.2) is 0 Å². The summed E-state index contributed by atoms with van der Waals surface area (Å²) in [4.78, 5) is 0. The zero-order valence-corrected chi connectivity index (χ0v) is 11.1. The van der Waals surface area contributed by atoms with Crippen molar-refractivity contribution < 1.29 is 13.0 Å². The zero-order valence-electron chi connectivity index (χ0n) is 10.3. The predicted molar refractivity (Wildman–Crippen MR) is 82.2 cm³/mol. The molecule has 0 aliphatic carbocycles. The molecule has 101 valence electrons. The molecule has 0 amide bonds. The van der Waals surface area contributed by atoms with Crippen LogP contribution in [0.25, 0.3) is 0 Å². The number of hydrogen-bond acceptors (Lipinski definition) is 2. The van der Waals surface area contributed by atoms with Crippen LogP contribution in [0.3, 0.4) is 0 Å². The normalized spacial score (nSPS) is 10.6. The van der Waals surface area contributed by atoms with E-state index in [1.165, 1.54) is 38.5 Å². The van der Waals surface area contributed by atoms with E-state index in [0.717, 1.165) is 12.8 Å². The Morgan fingerprint density at radius 2 is 1.44 bits per heavy atom. The summed E-state index contributed by atoms with van der Waals surface area (Å²) in [6.07, 6.45) is 12.3. The van der Waals surface area contributed by atoms with E-state index in [0.29, 0.717) is 6.42 Å². The minimum absolute atomic E-state index is 0. The summed E-state index contributed by atoms with van der Waals surface area (Å²) in [5.41, 5.74) is 0. The van der Waals surface area contributed by atoms with Crippen LogP contribution in [-0.2, 0) is 10.1 Å². The maximum atomic E-state index is 10.4. The molecule has 3 nitrogen and oxygen atoms in total. The molecule has 0 bridgehead atoms. The second kappa shape index (κ2) is 17.6. The van der Waals surface area contributed by atoms with Crippen molar-refractivity contribution in [3.8, 4) is 0 Å². The molecule has 0 saturated heterocycles. The van der Waals surface area contributed by atoms with Crippen LogP contribution in [0.4, 0.5) is 0 Å². The molecule has 1 radical (unpaired) electrons. The molecule has 0 aromatic heterocycles. The van der Waals surface area contributed by atoms with Gasteiger partial charge in [-0.1, -0.05) is 51.9 Å². The topological polar surface area (TPSA) is 54.4 Å². The summed E-state index contributed by atoms with van der Waals surface area (Å²) in [5.74, 6) is -0.111. The van der Waals surface area contributed by atoms with Gasteiger partial charge in [0.1, 0.15) is 0 Å². The van der Waals surface area contributed by atoms with Crippen molar-refractivity contribution >= 4 is 91.1 Å². The van der Waals surface area contributed by atoms with Crippen molar-refractivity contribution in [2.75, 3.05) is 5.75 Å². The summed E-state index contributed by atoms with van der Waals surface area (Å²) >= 11 is 0. The van der Waals surface area contributed by atoms with Crippen LogP contribution in [0.15, 0.2) is 0 Å². The van der Waals surface area contributed by atoms with Crippen molar-refractivity contribution in [2.45, 2.75) is 64.7 Å². The number of rotatable bonds is 11. The van der Waals surface area contributed by atoms with Crippen LogP contribution in [0, 0.1) is 6.42 Å². The van der Waals surface area contributed by atoms with E-state index < -0.39 is 10.1 Å². The van der Waals surface area contributed by atoms with E-state index >= 15 is 0 Å². The molecular formula is C12H27KNaO3S. The van der Waals surface area contributed by atoms with Gasteiger partial charge in [-0.3, -0.25) is 4.55 Å². The van der Waals surface area contributed by atoms with Crippen LogP contribution >= 0.6 is 0 Å². The van der Waals surface area contributed by atoms with Crippen LogP contribution < -0.4 is 0 Å². The van der Waals surface area contributed by atoms with Gasteiger partial charge in [-0.2, -0.15) is 8.42 Å². The zero-order chi connectivity index (χ0) is 12.3. The van der Waals surface area contributed by atoms with E-state index in [-0.39, 0.29) is 86.7 Å². The van der Waals surface area contributed by atoms with Gasteiger partial charge in [-0.05, 0) is 19.3 Å². The van der Waals surface area contributed by atoms with E-state index in [1.54, 1.807) is 0 Å². The molecule has 0 aromatic rings. The Bertz CT molecular complexity index is 246. The van der Waals surface area contributed by atoms with E-state index in [1.807, 2.05) is 0 Å². The second-order valence-electron chi connectivity index (χ2n) is 4.27. The minimum atomic E-state index is -3.75. The third-order valence-corrected chi connectivity index (χ3v) is 3.38. The average Bonchev–Trinajstić information content (AvgIpc) is 2.19. The second-order valence-corrected chi connectivity index (χ2v) is 5.85. The van der Waals surface area contributed by atoms with Crippen molar-refractivity contribution in [3.63, 3.8) is 0 Å². The van der Waals surface area contributed by atoms with Gasteiger partial charge in [-0.15, -0.1) is 0 Å². The molecule has 0 saturated carbocycles. The van der Waals surface area contributed by atoms with Gasteiger partial charge in [0.2, 0.25) is 0 Å². The number of hydrogen-bond donors (Lipinski definition) is 1. The van der Waals surface area contributed by atoms with Gasteiger partial charge in [0, 0.05) is 0 Å². The van der Waals surface area contributed by atoms with Crippen molar-refractivity contribution in [1.29, 1.82) is 0 Å². The molecule has 0 aliphatic heterocycles. The van der Waals surface area contributed by atoms with Crippen molar-refractivity contribution in [1.82, 2.24) is 0 Å².